The van der Waals surface area contributed by atoms with Crippen molar-refractivity contribution in [2.75, 3.05) is 0 Å². The lowest BCUT2D eigenvalue weighted by molar-refractivity contribution is -0.123. The molecule has 0 saturated heterocycles. The molecule has 0 heterocycles. The Kier molecular flexibility index (Phi) is 18.1. The molecular weight excluding hydrogens is 160 g/mol. The van der Waals surface area contributed by atoms with E-state index in [-0.39, 0.29) is 12.9 Å². The van der Waals surface area contributed by atoms with Gasteiger partial charge in [-0.25, -0.2) is 0 Å². The summed E-state index contributed by atoms with van der Waals surface area (Å²) in [6.07, 6.45) is 10.0. The van der Waals surface area contributed by atoms with Crippen molar-refractivity contribution in [2.24, 2.45) is 0 Å². The second-order valence-corrected chi connectivity index (χ2v) is 1.97. The zero-order valence-corrected chi connectivity index (χ0v) is 6.85. The molecule has 1 rings (SSSR count). The van der Waals surface area contributed by atoms with Gasteiger partial charge in [-0.3, -0.25) is 9.59 Å². The van der Waals surface area contributed by atoms with E-state index in [0.29, 0.717) is 0 Å². The van der Waals surface area contributed by atoms with Gasteiger partial charge in [-0.15, -0.1) is 0 Å². The van der Waals surface area contributed by atoms with Crippen molar-refractivity contribution in [2.45, 2.75) is 25.7 Å². The van der Waals surface area contributed by atoms with Gasteiger partial charge in [-0.05, 0) is 25.7 Å². The number of allylic oxidation sites excluding steroid dienone is 2. The van der Waals surface area contributed by atoms with Crippen LogP contribution >= 0.6 is 0 Å². The van der Waals surface area contributed by atoms with Crippen molar-refractivity contribution in [1.29, 1.82) is 0 Å². The third-order valence-corrected chi connectivity index (χ3v) is 1.16. The summed E-state index contributed by atoms with van der Waals surface area (Å²) in [6.45, 7) is -0.500. The van der Waals surface area contributed by atoms with Crippen LogP contribution in [0.25, 0.3) is 0 Å². The number of carbonyl (C=O) groups is 2. The highest BCUT2D eigenvalue weighted by Gasteiger charge is 1.87. The highest BCUT2D eigenvalue weighted by atomic mass is 16.3. The molecule has 0 aliphatic heterocycles. The zero-order valence-electron chi connectivity index (χ0n) is 6.85. The molecule has 0 radical (unpaired) electrons. The topological polar surface area (TPSA) is 74.6 Å². The van der Waals surface area contributed by atoms with Gasteiger partial charge in [0.05, 0.1) is 0 Å². The molecule has 0 aromatic carbocycles. The maximum atomic E-state index is 8.36. The minimum Gasteiger partial charge on any atom is -0.483 e. The molecule has 0 aromatic heterocycles. The summed E-state index contributed by atoms with van der Waals surface area (Å²) in [5.74, 6) is 0. The van der Waals surface area contributed by atoms with Gasteiger partial charge in [0.1, 0.15) is 0 Å². The van der Waals surface area contributed by atoms with Crippen molar-refractivity contribution in [1.82, 2.24) is 0 Å². The summed E-state index contributed by atoms with van der Waals surface area (Å²) >= 11 is 0. The maximum absolute atomic E-state index is 8.36. The minimum absolute atomic E-state index is 0.250. The molecule has 4 heteroatoms. The first-order valence-corrected chi connectivity index (χ1v) is 3.64. The van der Waals surface area contributed by atoms with Crippen LogP contribution in [0.5, 0.6) is 0 Å². The van der Waals surface area contributed by atoms with Crippen molar-refractivity contribution in [3.05, 3.63) is 12.2 Å². The van der Waals surface area contributed by atoms with E-state index in [4.69, 9.17) is 19.8 Å². The first-order valence-electron chi connectivity index (χ1n) is 3.64. The first-order chi connectivity index (χ1) is 5.83. The third kappa shape index (κ3) is 23.4. The van der Waals surface area contributed by atoms with Crippen LogP contribution in [0.2, 0.25) is 0 Å². The zero-order chi connectivity index (χ0) is 9.66. The Labute approximate surface area is 71.5 Å². The molecule has 4 nitrogen and oxygen atoms in total. The predicted octanol–water partition coefficient (Wildman–Crippen LogP) is 1.52. The lowest BCUT2D eigenvalue weighted by atomic mass is 10.1. The van der Waals surface area contributed by atoms with Gasteiger partial charge in [-0.1, -0.05) is 12.2 Å². The average molecular weight is 174 g/mol. The Morgan fingerprint density at radius 2 is 1.17 bits per heavy atom. The molecule has 0 atom stereocenters. The molecule has 0 fully saturated rings. The number of hydrogen-bond donors (Lipinski definition) is 2. The lowest BCUT2D eigenvalue weighted by Gasteiger charge is -1.97. The summed E-state index contributed by atoms with van der Waals surface area (Å²) in [4.78, 5) is 16.7. The van der Waals surface area contributed by atoms with E-state index in [0.717, 1.165) is 0 Å². The fourth-order valence-electron chi connectivity index (χ4n) is 0.760. The molecule has 70 valence electrons. The third-order valence-electron chi connectivity index (χ3n) is 1.16. The summed E-state index contributed by atoms with van der Waals surface area (Å²) < 4.78 is 0. The van der Waals surface area contributed by atoms with Crippen LogP contribution in [-0.4, -0.2) is 23.2 Å². The van der Waals surface area contributed by atoms with Crippen LogP contribution in [0.15, 0.2) is 12.2 Å². The van der Waals surface area contributed by atoms with Crippen LogP contribution in [0.4, 0.5) is 0 Å². The number of carboxylic acid groups (broad SMARTS) is 2. The molecule has 0 unspecified atom stereocenters. The normalized spacial score (nSPS) is 12.7. The molecule has 0 spiro atoms. The van der Waals surface area contributed by atoms with Gasteiger partial charge in [0.2, 0.25) is 0 Å². The van der Waals surface area contributed by atoms with Crippen LogP contribution < -0.4 is 0 Å². The van der Waals surface area contributed by atoms with E-state index >= 15 is 0 Å². The molecule has 0 saturated carbocycles. The monoisotopic (exact) mass is 174 g/mol. The van der Waals surface area contributed by atoms with Crippen LogP contribution in [0.1, 0.15) is 25.7 Å². The van der Waals surface area contributed by atoms with Gasteiger partial charge in [0.25, 0.3) is 12.9 Å². The quantitative estimate of drug-likeness (QED) is 0.431. The first kappa shape index (κ1) is 13.3. The molecule has 1 aliphatic rings. The van der Waals surface area contributed by atoms with E-state index in [2.05, 4.69) is 12.2 Å². The van der Waals surface area contributed by atoms with Crippen molar-refractivity contribution in [3.63, 3.8) is 0 Å². The van der Waals surface area contributed by atoms with E-state index in [1.165, 1.54) is 25.7 Å². The van der Waals surface area contributed by atoms with Gasteiger partial charge in [0, 0.05) is 0 Å². The summed E-state index contributed by atoms with van der Waals surface area (Å²) in [7, 11) is 0. The van der Waals surface area contributed by atoms with Crippen LogP contribution in [-0.2, 0) is 9.59 Å². The standard InChI is InChI=1S/C6H10.2CH2O2/c1-2-4-6-5-3-1;2*2-1-3/h1-2H,3-6H2;2*1H,(H,2,3). The molecule has 1 aliphatic carbocycles. The largest absolute Gasteiger partial charge is 0.483 e. The molecule has 2 N–H and O–H groups in total. The van der Waals surface area contributed by atoms with Crippen molar-refractivity contribution >= 4 is 12.9 Å². The van der Waals surface area contributed by atoms with Gasteiger partial charge in [0.15, 0.2) is 0 Å². The van der Waals surface area contributed by atoms with Gasteiger partial charge in [-0.2, -0.15) is 0 Å². The highest BCUT2D eigenvalue weighted by Crippen LogP contribution is 2.07. The number of hydrogen-bond acceptors (Lipinski definition) is 2. The van der Waals surface area contributed by atoms with E-state index in [9.17, 15) is 0 Å². The Bertz CT molecular complexity index is 106. The number of rotatable bonds is 0. The van der Waals surface area contributed by atoms with Gasteiger partial charge < -0.3 is 10.2 Å². The van der Waals surface area contributed by atoms with Crippen molar-refractivity contribution in [3.8, 4) is 0 Å². The molecule has 12 heavy (non-hydrogen) atoms. The molecule has 0 amide bonds. The molecule has 0 aromatic rings. The van der Waals surface area contributed by atoms with Crippen LogP contribution in [0, 0.1) is 0 Å². The Balaban J connectivity index is 0. The lowest BCUT2D eigenvalue weighted by Crippen LogP contribution is -1.77. The average Bonchev–Trinajstić information content (AvgIpc) is 2.10. The van der Waals surface area contributed by atoms with E-state index < -0.39 is 0 Å². The minimum atomic E-state index is -0.250. The van der Waals surface area contributed by atoms with E-state index in [1.807, 2.05) is 0 Å². The Morgan fingerprint density at radius 3 is 1.25 bits per heavy atom. The fraction of sp³-hybridized carbons (Fsp3) is 0.500. The Hall–Kier alpha value is -1.32. The van der Waals surface area contributed by atoms with E-state index in [1.54, 1.807) is 0 Å². The molecular formula is C8H14O4. The van der Waals surface area contributed by atoms with Gasteiger partial charge >= 0.3 is 0 Å². The maximum Gasteiger partial charge on any atom is 0.290 e. The highest BCUT2D eigenvalue weighted by molar-refractivity contribution is 5.32. The van der Waals surface area contributed by atoms with Crippen LogP contribution in [0.3, 0.4) is 0 Å². The molecule has 0 bridgehead atoms. The SMILES string of the molecule is C1=CCCCC1.O=CO.O=CO. The predicted molar refractivity (Wildman–Crippen MR) is 45.0 cm³/mol. The summed E-state index contributed by atoms with van der Waals surface area (Å²) in [5, 5.41) is 13.8. The second kappa shape index (κ2) is 16.3. The smallest absolute Gasteiger partial charge is 0.290 e. The summed E-state index contributed by atoms with van der Waals surface area (Å²) in [5.41, 5.74) is 0. The Morgan fingerprint density at radius 1 is 0.917 bits per heavy atom. The van der Waals surface area contributed by atoms with Crippen molar-refractivity contribution < 1.29 is 19.8 Å². The fourth-order valence-corrected chi connectivity index (χ4v) is 0.760. The summed E-state index contributed by atoms with van der Waals surface area (Å²) in [6, 6.07) is 0. The second-order valence-electron chi connectivity index (χ2n) is 1.97.